The number of benzene rings is 1. The van der Waals surface area contributed by atoms with Gasteiger partial charge in [-0.3, -0.25) is 4.57 Å². The van der Waals surface area contributed by atoms with Crippen molar-refractivity contribution in [1.82, 2.24) is 9.55 Å². The molecule has 2 aromatic rings. The lowest BCUT2D eigenvalue weighted by Gasteiger charge is -2.05. The van der Waals surface area contributed by atoms with Gasteiger partial charge in [0.1, 0.15) is 5.82 Å². The fourth-order valence-electron chi connectivity index (χ4n) is 1.29. The van der Waals surface area contributed by atoms with E-state index in [-0.39, 0.29) is 5.82 Å². The summed E-state index contributed by atoms with van der Waals surface area (Å²) >= 11 is 1.35. The van der Waals surface area contributed by atoms with E-state index in [1.54, 1.807) is 24.5 Å². The van der Waals surface area contributed by atoms with E-state index in [1.807, 2.05) is 10.6 Å². The van der Waals surface area contributed by atoms with Crippen LogP contribution in [-0.4, -0.2) is 15.3 Å². The number of thioether (sulfide) groups is 1. The van der Waals surface area contributed by atoms with Crippen molar-refractivity contribution < 1.29 is 4.39 Å². The van der Waals surface area contributed by atoms with Gasteiger partial charge in [0.15, 0.2) is 5.16 Å². The van der Waals surface area contributed by atoms with Crippen molar-refractivity contribution in [3.05, 3.63) is 42.5 Å². The highest BCUT2D eigenvalue weighted by atomic mass is 32.2. The van der Waals surface area contributed by atoms with Crippen molar-refractivity contribution in [3.63, 3.8) is 0 Å². The Bertz CT molecular complexity index is 513. The van der Waals surface area contributed by atoms with Crippen LogP contribution in [0, 0.1) is 17.1 Å². The summed E-state index contributed by atoms with van der Waals surface area (Å²) in [6, 6.07) is 8.19. The van der Waals surface area contributed by atoms with Crippen LogP contribution in [0.5, 0.6) is 0 Å². The summed E-state index contributed by atoms with van der Waals surface area (Å²) in [7, 11) is 0. The summed E-state index contributed by atoms with van der Waals surface area (Å²) in [5.41, 5.74) is 0.833. The van der Waals surface area contributed by atoms with Crippen LogP contribution < -0.4 is 0 Å². The molecule has 3 nitrogen and oxygen atoms in total. The lowest BCUT2D eigenvalue weighted by molar-refractivity contribution is 0.627. The second-order valence-electron chi connectivity index (χ2n) is 3.00. The van der Waals surface area contributed by atoms with E-state index in [4.69, 9.17) is 5.26 Å². The molecule has 1 aromatic carbocycles. The highest BCUT2D eigenvalue weighted by molar-refractivity contribution is 7.99. The van der Waals surface area contributed by atoms with Crippen molar-refractivity contribution in [2.24, 2.45) is 0 Å². The molecule has 2 rings (SSSR count). The van der Waals surface area contributed by atoms with Gasteiger partial charge in [0, 0.05) is 18.1 Å². The van der Waals surface area contributed by atoms with Crippen LogP contribution in [0.25, 0.3) is 5.69 Å². The third kappa shape index (κ3) is 2.23. The topological polar surface area (TPSA) is 41.6 Å². The highest BCUT2D eigenvalue weighted by Gasteiger charge is 2.05. The fourth-order valence-corrected chi connectivity index (χ4v) is 1.93. The van der Waals surface area contributed by atoms with Crippen molar-refractivity contribution in [2.75, 3.05) is 5.75 Å². The van der Waals surface area contributed by atoms with E-state index in [2.05, 4.69) is 4.98 Å². The molecule has 0 saturated carbocycles. The second kappa shape index (κ2) is 4.81. The molecule has 0 atom stereocenters. The summed E-state index contributed by atoms with van der Waals surface area (Å²) < 4.78 is 14.6. The van der Waals surface area contributed by atoms with Crippen LogP contribution in [-0.2, 0) is 0 Å². The van der Waals surface area contributed by atoms with Gasteiger partial charge in [0.2, 0.25) is 0 Å². The maximum Gasteiger partial charge on any atom is 0.173 e. The van der Waals surface area contributed by atoms with Gasteiger partial charge in [0.25, 0.3) is 0 Å². The minimum absolute atomic E-state index is 0.268. The number of nitrogens with zero attached hydrogens (tertiary/aromatic N) is 3. The molecule has 0 radical (unpaired) electrons. The van der Waals surface area contributed by atoms with Crippen LogP contribution in [0.1, 0.15) is 0 Å². The molecule has 16 heavy (non-hydrogen) atoms. The molecular weight excluding hydrogens is 225 g/mol. The molecule has 0 aliphatic rings. The summed E-state index contributed by atoms with van der Waals surface area (Å²) in [6.45, 7) is 0. The minimum Gasteiger partial charge on any atom is -0.295 e. The third-order valence-corrected chi connectivity index (χ3v) is 2.81. The van der Waals surface area contributed by atoms with Gasteiger partial charge in [-0.05, 0) is 24.3 Å². The van der Waals surface area contributed by atoms with Gasteiger partial charge in [-0.25, -0.2) is 9.37 Å². The summed E-state index contributed by atoms with van der Waals surface area (Å²) in [6.07, 6.45) is 3.44. The first-order valence-electron chi connectivity index (χ1n) is 4.60. The number of rotatable bonds is 3. The molecule has 0 fully saturated rings. The summed E-state index contributed by atoms with van der Waals surface area (Å²) in [5, 5.41) is 9.24. The molecule has 0 N–H and O–H groups in total. The Balaban J connectivity index is 2.30. The lowest BCUT2D eigenvalue weighted by atomic mass is 10.3. The molecule has 5 heteroatoms. The molecule has 0 saturated heterocycles. The molecule has 0 amide bonds. The summed E-state index contributed by atoms with van der Waals surface area (Å²) in [5.74, 6) is 0.0770. The largest absolute Gasteiger partial charge is 0.295 e. The van der Waals surface area contributed by atoms with Gasteiger partial charge in [0.05, 0.1) is 11.8 Å². The predicted octanol–water partition coefficient (Wildman–Crippen LogP) is 2.63. The number of aromatic nitrogens is 2. The van der Waals surface area contributed by atoms with Gasteiger partial charge in [-0.1, -0.05) is 11.8 Å². The Labute approximate surface area is 96.5 Å². The van der Waals surface area contributed by atoms with Gasteiger partial charge in [-0.2, -0.15) is 5.26 Å². The maximum atomic E-state index is 12.8. The third-order valence-electron chi connectivity index (χ3n) is 1.98. The molecule has 0 unspecified atom stereocenters. The zero-order valence-electron chi connectivity index (χ0n) is 8.30. The van der Waals surface area contributed by atoms with E-state index >= 15 is 0 Å². The van der Waals surface area contributed by atoms with E-state index in [0.717, 1.165) is 10.8 Å². The number of hydrogen-bond donors (Lipinski definition) is 0. The minimum atomic E-state index is -0.268. The molecule has 0 aliphatic heterocycles. The van der Waals surface area contributed by atoms with Crippen LogP contribution in [0.4, 0.5) is 4.39 Å². The Morgan fingerprint density at radius 1 is 1.38 bits per heavy atom. The van der Waals surface area contributed by atoms with E-state index < -0.39 is 0 Å². The van der Waals surface area contributed by atoms with Gasteiger partial charge < -0.3 is 0 Å². The molecule has 0 aliphatic carbocycles. The molecular formula is C11H8FN3S. The second-order valence-corrected chi connectivity index (χ2v) is 3.95. The predicted molar refractivity (Wildman–Crippen MR) is 59.9 cm³/mol. The first kappa shape index (κ1) is 10.7. The van der Waals surface area contributed by atoms with Crippen molar-refractivity contribution in [1.29, 1.82) is 5.26 Å². The number of nitriles is 1. The van der Waals surface area contributed by atoms with E-state index in [9.17, 15) is 4.39 Å². The van der Waals surface area contributed by atoms with Crippen molar-refractivity contribution in [2.45, 2.75) is 5.16 Å². The molecule has 0 bridgehead atoms. The average Bonchev–Trinajstić information content (AvgIpc) is 2.75. The molecule has 1 heterocycles. The van der Waals surface area contributed by atoms with Crippen LogP contribution in [0.15, 0.2) is 41.8 Å². The van der Waals surface area contributed by atoms with Crippen LogP contribution in [0.3, 0.4) is 0 Å². The normalized spacial score (nSPS) is 10.0. The van der Waals surface area contributed by atoms with Crippen molar-refractivity contribution >= 4 is 11.8 Å². The zero-order chi connectivity index (χ0) is 11.4. The monoisotopic (exact) mass is 233 g/mol. The van der Waals surface area contributed by atoms with E-state index in [1.165, 1.54) is 23.9 Å². The fraction of sp³-hybridized carbons (Fsp3) is 0.0909. The lowest BCUT2D eigenvalue weighted by Crippen LogP contribution is -1.95. The van der Waals surface area contributed by atoms with Crippen LogP contribution >= 0.6 is 11.8 Å². The summed E-state index contributed by atoms with van der Waals surface area (Å²) in [4.78, 5) is 4.13. The first-order chi connectivity index (χ1) is 7.81. The number of hydrogen-bond acceptors (Lipinski definition) is 3. The zero-order valence-corrected chi connectivity index (χ0v) is 9.12. The van der Waals surface area contributed by atoms with E-state index in [0.29, 0.717) is 5.75 Å². The Morgan fingerprint density at radius 3 is 2.81 bits per heavy atom. The highest BCUT2D eigenvalue weighted by Crippen LogP contribution is 2.19. The quantitative estimate of drug-likeness (QED) is 0.765. The number of halogens is 1. The van der Waals surface area contributed by atoms with Gasteiger partial charge in [-0.15, -0.1) is 0 Å². The van der Waals surface area contributed by atoms with Gasteiger partial charge >= 0.3 is 0 Å². The molecule has 1 aromatic heterocycles. The smallest absolute Gasteiger partial charge is 0.173 e. The molecule has 80 valence electrons. The number of imidazole rings is 1. The Kier molecular flexibility index (Phi) is 3.22. The Hall–Kier alpha value is -1.80. The molecule has 0 spiro atoms. The first-order valence-corrected chi connectivity index (χ1v) is 5.59. The standard InChI is InChI=1S/C11H8FN3S/c12-9-1-3-10(4-2-9)15-7-6-14-11(15)16-8-5-13/h1-4,6-7H,8H2. The Morgan fingerprint density at radius 2 is 2.12 bits per heavy atom. The van der Waals surface area contributed by atoms with Crippen LogP contribution in [0.2, 0.25) is 0 Å². The average molecular weight is 233 g/mol. The maximum absolute atomic E-state index is 12.8. The van der Waals surface area contributed by atoms with Crippen molar-refractivity contribution in [3.8, 4) is 11.8 Å². The SMILES string of the molecule is N#CCSc1nccn1-c1ccc(F)cc1.